The fourth-order valence-electron chi connectivity index (χ4n) is 1.72. The Morgan fingerprint density at radius 3 is 2.59 bits per heavy atom. The lowest BCUT2D eigenvalue weighted by Crippen LogP contribution is -2.11. The van der Waals surface area contributed by atoms with Crippen molar-refractivity contribution >= 4 is 22.4 Å². The highest BCUT2D eigenvalue weighted by Gasteiger charge is 2.12. The van der Waals surface area contributed by atoms with Gasteiger partial charge in [-0.2, -0.15) is 0 Å². The zero-order valence-electron chi connectivity index (χ0n) is 10.3. The Bertz CT molecular complexity index is 512. The number of methoxy groups -OCH3 is 1. The summed E-state index contributed by atoms with van der Waals surface area (Å²) in [5.74, 6) is 0.898. The van der Waals surface area contributed by atoms with Crippen LogP contribution in [0.1, 0.15) is 11.1 Å². The van der Waals surface area contributed by atoms with Gasteiger partial charge in [-0.3, -0.25) is 0 Å². The van der Waals surface area contributed by atoms with Crippen LogP contribution in [0.25, 0.3) is 0 Å². The molecule has 2 rings (SSSR count). The van der Waals surface area contributed by atoms with Crippen LogP contribution in [0.3, 0.4) is 0 Å². The predicted octanol–water partition coefficient (Wildman–Crippen LogP) is 2.33. The second-order valence-electron chi connectivity index (χ2n) is 3.81. The summed E-state index contributed by atoms with van der Waals surface area (Å²) in [5, 5.41) is 8.34. The Kier molecular flexibility index (Phi) is 3.23. The highest BCUT2D eigenvalue weighted by atomic mass is 32.1. The van der Waals surface area contributed by atoms with Crippen LogP contribution in [-0.2, 0) is 0 Å². The molecule has 0 aliphatic heterocycles. The first kappa shape index (κ1) is 11.8. The molecule has 0 spiro atoms. The second-order valence-corrected chi connectivity index (χ2v) is 4.52. The summed E-state index contributed by atoms with van der Waals surface area (Å²) < 4.78 is 9.06. The molecule has 0 bridgehead atoms. The van der Waals surface area contributed by atoms with Gasteiger partial charge in [0.2, 0.25) is 5.13 Å². The first-order valence-electron chi connectivity index (χ1n) is 5.17. The van der Waals surface area contributed by atoms with E-state index in [1.807, 2.05) is 31.9 Å². The number of ether oxygens (including phenoxy) is 1. The average molecular weight is 250 g/mol. The van der Waals surface area contributed by atoms with Gasteiger partial charge in [0, 0.05) is 24.3 Å². The number of aromatic nitrogens is 3. The molecule has 90 valence electrons. The molecule has 2 aromatic rings. The first-order valence-corrected chi connectivity index (χ1v) is 5.95. The van der Waals surface area contributed by atoms with E-state index in [1.165, 1.54) is 11.5 Å². The fourth-order valence-corrected chi connectivity index (χ4v) is 2.16. The van der Waals surface area contributed by atoms with E-state index in [-0.39, 0.29) is 0 Å². The van der Waals surface area contributed by atoms with Gasteiger partial charge in [-0.15, -0.1) is 0 Å². The Labute approximate surface area is 104 Å². The molecule has 0 N–H and O–H groups in total. The number of benzene rings is 1. The lowest BCUT2D eigenvalue weighted by molar-refractivity contribution is 0.411. The molecule has 0 aliphatic rings. The summed E-state index contributed by atoms with van der Waals surface area (Å²) in [4.78, 5) is 1.98. The molecule has 5 nitrogen and oxygen atoms in total. The first-order chi connectivity index (χ1) is 8.13. The third kappa shape index (κ3) is 2.21. The summed E-state index contributed by atoms with van der Waals surface area (Å²) in [7, 11) is 3.64. The van der Waals surface area contributed by atoms with Crippen LogP contribution >= 0.6 is 11.5 Å². The Morgan fingerprint density at radius 1 is 1.24 bits per heavy atom. The van der Waals surface area contributed by atoms with E-state index in [4.69, 9.17) is 4.74 Å². The van der Waals surface area contributed by atoms with E-state index >= 15 is 0 Å². The van der Waals surface area contributed by atoms with Gasteiger partial charge in [0.15, 0.2) is 0 Å². The normalized spacial score (nSPS) is 10.4. The van der Waals surface area contributed by atoms with E-state index in [0.29, 0.717) is 0 Å². The Hall–Kier alpha value is -1.69. The number of nitrogens with zero attached hydrogens (tertiary/aromatic N) is 4. The van der Waals surface area contributed by atoms with Crippen LogP contribution in [0.4, 0.5) is 10.8 Å². The molecule has 6 heteroatoms. The summed E-state index contributed by atoms with van der Waals surface area (Å²) in [6.45, 7) is 4.07. The van der Waals surface area contributed by atoms with Crippen molar-refractivity contribution in [2.45, 2.75) is 13.8 Å². The second kappa shape index (κ2) is 4.67. The van der Waals surface area contributed by atoms with Gasteiger partial charge in [-0.1, -0.05) is 9.59 Å². The molecule has 0 saturated heterocycles. The zero-order chi connectivity index (χ0) is 12.4. The van der Waals surface area contributed by atoms with E-state index in [2.05, 4.69) is 20.9 Å². The molecule has 1 aromatic carbocycles. The van der Waals surface area contributed by atoms with Gasteiger partial charge < -0.3 is 9.64 Å². The molecule has 1 heterocycles. The van der Waals surface area contributed by atoms with Crippen LogP contribution < -0.4 is 9.64 Å². The number of aryl methyl sites for hydroxylation is 2. The zero-order valence-corrected chi connectivity index (χ0v) is 11.1. The summed E-state index contributed by atoms with van der Waals surface area (Å²) >= 11 is 1.27. The van der Waals surface area contributed by atoms with E-state index in [1.54, 1.807) is 7.11 Å². The molecular weight excluding hydrogens is 236 g/mol. The number of hydrogen-bond donors (Lipinski definition) is 0. The van der Waals surface area contributed by atoms with Crippen LogP contribution in [0.5, 0.6) is 5.75 Å². The van der Waals surface area contributed by atoms with Gasteiger partial charge in [0.1, 0.15) is 5.75 Å². The molecule has 0 radical (unpaired) electrons. The number of hydrogen-bond acceptors (Lipinski definition) is 6. The molecule has 0 unspecified atom stereocenters. The maximum atomic E-state index is 5.30. The summed E-state index contributed by atoms with van der Waals surface area (Å²) in [6, 6.07) is 4.10. The van der Waals surface area contributed by atoms with Gasteiger partial charge >= 0.3 is 0 Å². The van der Waals surface area contributed by atoms with Crippen LogP contribution in [-0.4, -0.2) is 29.0 Å². The quantitative estimate of drug-likeness (QED) is 0.836. The lowest BCUT2D eigenvalue weighted by Gasteiger charge is -2.19. The Balaban J connectivity index is 2.42. The molecule has 0 saturated carbocycles. The number of anilines is 2. The lowest BCUT2D eigenvalue weighted by atomic mass is 10.1. The predicted molar refractivity (Wildman–Crippen MR) is 68.2 cm³/mol. The smallest absolute Gasteiger partial charge is 0.232 e. The van der Waals surface area contributed by atoms with Crippen molar-refractivity contribution in [3.05, 3.63) is 23.3 Å². The maximum absolute atomic E-state index is 5.30. The molecule has 0 aliphatic carbocycles. The van der Waals surface area contributed by atoms with E-state index < -0.39 is 0 Å². The van der Waals surface area contributed by atoms with Crippen molar-refractivity contribution in [1.82, 2.24) is 14.8 Å². The van der Waals surface area contributed by atoms with Gasteiger partial charge in [-0.25, -0.2) is 0 Å². The van der Waals surface area contributed by atoms with Gasteiger partial charge in [0.05, 0.1) is 7.11 Å². The molecule has 0 fully saturated rings. The monoisotopic (exact) mass is 250 g/mol. The average Bonchev–Trinajstić information content (AvgIpc) is 2.84. The molecule has 17 heavy (non-hydrogen) atoms. The van der Waals surface area contributed by atoms with Gasteiger partial charge in [-0.05, 0) is 42.3 Å². The summed E-state index contributed by atoms with van der Waals surface area (Å²) in [5.41, 5.74) is 3.31. The minimum absolute atomic E-state index is 0.776. The third-order valence-corrected chi connectivity index (χ3v) is 3.32. The van der Waals surface area contributed by atoms with Crippen LogP contribution in [0.2, 0.25) is 0 Å². The van der Waals surface area contributed by atoms with E-state index in [9.17, 15) is 0 Å². The van der Waals surface area contributed by atoms with Crippen molar-refractivity contribution < 1.29 is 4.74 Å². The Morgan fingerprint density at radius 2 is 2.00 bits per heavy atom. The SMILES string of the molecule is COc1cc(C)c(N(C)c2nnns2)cc1C. The fraction of sp³-hybridized carbons (Fsp3) is 0.364. The molecule has 0 amide bonds. The van der Waals surface area contributed by atoms with Crippen molar-refractivity contribution in [1.29, 1.82) is 0 Å². The highest BCUT2D eigenvalue weighted by Crippen LogP contribution is 2.31. The van der Waals surface area contributed by atoms with Crippen LogP contribution in [0, 0.1) is 13.8 Å². The van der Waals surface area contributed by atoms with Crippen molar-refractivity contribution in [3.8, 4) is 5.75 Å². The van der Waals surface area contributed by atoms with Crippen LogP contribution in [0.15, 0.2) is 12.1 Å². The molecular formula is C11H14N4OS. The number of rotatable bonds is 3. The van der Waals surface area contributed by atoms with Crippen molar-refractivity contribution in [2.24, 2.45) is 0 Å². The minimum Gasteiger partial charge on any atom is -0.496 e. The largest absolute Gasteiger partial charge is 0.496 e. The highest BCUT2D eigenvalue weighted by molar-refractivity contribution is 7.09. The summed E-state index contributed by atoms with van der Waals surface area (Å²) in [6.07, 6.45) is 0. The van der Waals surface area contributed by atoms with Crippen molar-refractivity contribution in [3.63, 3.8) is 0 Å². The standard InChI is InChI=1S/C11H14N4OS/c1-7-6-10(16-4)8(2)5-9(7)15(3)11-12-13-14-17-11/h5-6H,1-4H3. The molecule has 1 aromatic heterocycles. The van der Waals surface area contributed by atoms with Crippen molar-refractivity contribution in [2.75, 3.05) is 19.1 Å². The van der Waals surface area contributed by atoms with Gasteiger partial charge in [0.25, 0.3) is 0 Å². The molecule has 0 atom stereocenters. The van der Waals surface area contributed by atoms with E-state index in [0.717, 1.165) is 27.7 Å². The maximum Gasteiger partial charge on any atom is 0.232 e. The topological polar surface area (TPSA) is 51.1 Å². The minimum atomic E-state index is 0.776. The third-order valence-electron chi connectivity index (χ3n) is 2.65.